The number of sulfonamides is 2. The lowest BCUT2D eigenvalue weighted by atomic mass is 9.85. The normalized spacial score (nSPS) is 23.9. The third-order valence-electron chi connectivity index (χ3n) is 18.6. The number of aliphatic hydroxyl groups excluding tert-OH is 1. The molecule has 0 aromatic rings. The van der Waals surface area contributed by atoms with Crippen LogP contribution in [-0.2, 0) is 48.8 Å². The van der Waals surface area contributed by atoms with Gasteiger partial charge >= 0.3 is 18.0 Å². The molecule has 0 bridgehead atoms. The highest BCUT2D eigenvalue weighted by Crippen LogP contribution is 2.66. The second-order valence-electron chi connectivity index (χ2n) is 32.2. The van der Waals surface area contributed by atoms with Crippen LogP contribution in [0.5, 0.6) is 0 Å². The van der Waals surface area contributed by atoms with Gasteiger partial charge in [-0.1, -0.05) is 130 Å². The fraction of sp³-hybridized carbons (Fsp3) is 0.855. The summed E-state index contributed by atoms with van der Waals surface area (Å²) in [6.45, 7) is 47.5. The number of hydrogen-bond donors (Lipinski definition) is 7. The number of likely N-dealkylation sites (tertiary alicyclic amines) is 2. The van der Waals surface area contributed by atoms with Crippen molar-refractivity contribution in [2.45, 2.75) is 232 Å². The zero-order valence-corrected chi connectivity index (χ0v) is 59.2. The van der Waals surface area contributed by atoms with Crippen LogP contribution >= 0.6 is 0 Å². The van der Waals surface area contributed by atoms with E-state index in [0.29, 0.717) is 25.9 Å². The zero-order valence-electron chi connectivity index (χ0n) is 57.6. The summed E-state index contributed by atoms with van der Waals surface area (Å²) in [6.07, 6.45) is 0.935. The van der Waals surface area contributed by atoms with E-state index in [4.69, 9.17) is 4.74 Å². The molecular formula is C62H114N10O13S2. The lowest BCUT2D eigenvalue weighted by Crippen LogP contribution is -2.63. The van der Waals surface area contributed by atoms with Gasteiger partial charge in [-0.05, 0) is 98.2 Å². The standard InChI is InChI=1S/C35H64N6O7S.C27H50N4O6S/c1-15-17-22(26(42)29(44)36-18-16-2)37-28(43)25-24-21(35(24,12)13)19-41(25)30(45)27(33(6,7)8)39-31(46)38-23(32(3,4)5)20-49(47,48)40(14)34(9,10)11;1-24(2,3)17(15-38(35,36)30(12)26(7,8)9)28-23(34)29-20(25(4,5)6)21(32)31-14-16-18(27(16,10)11)19(31)22(33)37-13/h16,21-27,42H,2,15,17-20H2,1,3-14H3,(H,36,44)(H,37,43)(H2,38,39,46);16-20H,14-15H2,1-13H3,(H2,28,29,34)/t21?,22?,23-,24?,25+,26?,27?;16?,17-,18?,19+,20?/m11/s1. The molecule has 0 aromatic heterocycles. The Morgan fingerprint density at radius 3 is 1.28 bits per heavy atom. The summed E-state index contributed by atoms with van der Waals surface area (Å²) < 4.78 is 60.6. The molecule has 2 aliphatic carbocycles. The lowest BCUT2D eigenvalue weighted by Gasteiger charge is -2.39. The van der Waals surface area contributed by atoms with Gasteiger partial charge in [0, 0.05) is 50.7 Å². The fourth-order valence-electron chi connectivity index (χ4n) is 11.9. The Labute approximate surface area is 522 Å². The monoisotopic (exact) mass is 1270 g/mol. The quantitative estimate of drug-likeness (QED) is 0.0557. The first kappa shape index (κ1) is 76.7. The minimum absolute atomic E-state index is 0.0172. The van der Waals surface area contributed by atoms with Crippen molar-refractivity contribution in [1.82, 2.24) is 50.3 Å². The maximum Gasteiger partial charge on any atom is 0.328 e. The summed E-state index contributed by atoms with van der Waals surface area (Å²) in [4.78, 5) is 97.4. The molecule has 2 heterocycles. The van der Waals surface area contributed by atoms with Crippen LogP contribution < -0.4 is 31.9 Å². The summed E-state index contributed by atoms with van der Waals surface area (Å²) in [5.41, 5.74) is -4.21. The van der Waals surface area contributed by atoms with Crippen LogP contribution in [0.15, 0.2) is 12.7 Å². The Kier molecular flexibility index (Phi) is 23.9. The summed E-state index contributed by atoms with van der Waals surface area (Å²) in [5, 5.41) is 27.5. The van der Waals surface area contributed by atoms with Gasteiger partial charge in [0.1, 0.15) is 24.2 Å². The number of urea groups is 2. The Hall–Kier alpha value is -4.59. The third kappa shape index (κ3) is 18.5. The van der Waals surface area contributed by atoms with E-state index in [1.54, 1.807) is 46.4 Å². The Morgan fingerprint density at radius 1 is 0.609 bits per heavy atom. The highest BCUT2D eigenvalue weighted by atomic mass is 32.2. The molecule has 0 radical (unpaired) electrons. The number of rotatable bonds is 21. The summed E-state index contributed by atoms with van der Waals surface area (Å²) in [6, 6.07) is -7.27. The number of amides is 8. The molecule has 2 aliphatic heterocycles. The van der Waals surface area contributed by atoms with Crippen molar-refractivity contribution >= 4 is 61.7 Å². The SMILES string of the molecule is C=CCNC(=O)C(O)C(CCC)NC(=O)[C@@H]1C2C(CN1C(=O)C(NC(=O)N[C@H](CS(=O)(=O)N(C)C(C)(C)C)C(C)(C)C)C(C)(C)C)C2(C)C.COC(=O)[C@@H]1C2C(CN1C(=O)C(NC(=O)N[C@H](CS(=O)(=O)N(C)C(C)(C)C)C(C)(C)C)C(C)(C)C)C2(C)C. The van der Waals surface area contributed by atoms with Crippen molar-refractivity contribution in [2.24, 2.45) is 56.2 Å². The number of esters is 1. The number of methoxy groups -OCH3 is 1. The molecule has 4 fully saturated rings. The van der Waals surface area contributed by atoms with Crippen molar-refractivity contribution < 1.29 is 60.2 Å². The number of fused-ring (bicyclic) bond motifs is 2. The maximum absolute atomic E-state index is 14.4. The van der Waals surface area contributed by atoms with Crippen LogP contribution in [0, 0.1) is 56.2 Å². The fourth-order valence-corrected chi connectivity index (χ4v) is 16.0. The topological polar surface area (TPSA) is 302 Å². The largest absolute Gasteiger partial charge is 0.467 e. The molecule has 8 amide bonds. The van der Waals surface area contributed by atoms with Crippen LogP contribution in [0.2, 0.25) is 0 Å². The maximum atomic E-state index is 14.4. The van der Waals surface area contributed by atoms with Gasteiger partial charge in [0.2, 0.25) is 37.8 Å². The van der Waals surface area contributed by atoms with Gasteiger partial charge < -0.3 is 51.5 Å². The first-order valence-corrected chi connectivity index (χ1v) is 33.8. The molecule has 2 saturated heterocycles. The van der Waals surface area contributed by atoms with E-state index >= 15 is 0 Å². The highest BCUT2D eigenvalue weighted by Gasteiger charge is 2.71. The predicted octanol–water partition coefficient (Wildman–Crippen LogP) is 5.44. The summed E-state index contributed by atoms with van der Waals surface area (Å²) in [7, 11) is -3.10. The molecule has 7 N–H and O–H groups in total. The van der Waals surface area contributed by atoms with Crippen molar-refractivity contribution in [1.29, 1.82) is 0 Å². The van der Waals surface area contributed by atoms with E-state index in [1.807, 2.05) is 90.0 Å². The second kappa shape index (κ2) is 27.1. The molecule has 0 spiro atoms. The van der Waals surface area contributed by atoms with E-state index in [0.717, 1.165) is 0 Å². The number of carbonyl (C=O) groups excluding carboxylic acids is 7. The van der Waals surface area contributed by atoms with Crippen LogP contribution in [0.25, 0.3) is 0 Å². The molecule has 25 heteroatoms. The lowest BCUT2D eigenvalue weighted by molar-refractivity contribution is -0.154. The van der Waals surface area contributed by atoms with E-state index in [-0.39, 0.29) is 58.5 Å². The molecule has 8 unspecified atom stereocenters. The Balaban J connectivity index is 0.000000470. The highest BCUT2D eigenvalue weighted by molar-refractivity contribution is 7.89. The second-order valence-corrected chi connectivity index (χ2v) is 36.3. The Morgan fingerprint density at radius 2 is 0.966 bits per heavy atom. The van der Waals surface area contributed by atoms with Crippen LogP contribution in [0.3, 0.4) is 0 Å². The number of hydrogen-bond acceptors (Lipinski definition) is 13. The molecule has 23 nitrogen and oxygen atoms in total. The number of nitrogens with one attached hydrogen (secondary N) is 6. The van der Waals surface area contributed by atoms with Gasteiger partial charge in [-0.25, -0.2) is 31.2 Å². The average Bonchev–Trinajstić information content (AvgIpc) is 1.54. The molecule has 4 rings (SSSR count). The van der Waals surface area contributed by atoms with Gasteiger partial charge in [-0.3, -0.25) is 19.2 Å². The average molecular weight is 1270 g/mol. The molecule has 87 heavy (non-hydrogen) atoms. The predicted molar refractivity (Wildman–Crippen MR) is 340 cm³/mol. The molecule has 12 atom stereocenters. The summed E-state index contributed by atoms with van der Waals surface area (Å²) in [5.74, 6) is -2.82. The molecule has 0 aromatic carbocycles. The van der Waals surface area contributed by atoms with E-state index < -0.39 is 137 Å². The van der Waals surface area contributed by atoms with Crippen LogP contribution in [-0.4, -0.2) is 194 Å². The zero-order chi connectivity index (χ0) is 67.9. The minimum atomic E-state index is -3.77. The van der Waals surface area contributed by atoms with E-state index in [2.05, 4.69) is 66.2 Å². The third-order valence-corrected chi connectivity index (χ3v) is 22.9. The number of piperidine rings is 2. The first-order valence-electron chi connectivity index (χ1n) is 30.6. The van der Waals surface area contributed by atoms with Gasteiger partial charge in [0.05, 0.1) is 36.7 Å². The van der Waals surface area contributed by atoms with Crippen LogP contribution in [0.1, 0.15) is 172 Å². The van der Waals surface area contributed by atoms with Gasteiger partial charge in [0.25, 0.3) is 5.91 Å². The Bertz CT molecular complexity index is 2750. The number of ether oxygens (including phenoxy) is 1. The number of aliphatic hydroxyl groups is 1. The summed E-state index contributed by atoms with van der Waals surface area (Å²) >= 11 is 0. The molecular weight excluding hydrogens is 1160 g/mol. The van der Waals surface area contributed by atoms with E-state index in [1.165, 1.54) is 40.8 Å². The van der Waals surface area contributed by atoms with Gasteiger partial charge in [0.15, 0.2) is 6.10 Å². The first-order chi connectivity index (χ1) is 39.0. The smallest absolute Gasteiger partial charge is 0.328 e. The molecule has 4 aliphatic rings. The molecule has 502 valence electrons. The van der Waals surface area contributed by atoms with Crippen molar-refractivity contribution in [3.05, 3.63) is 12.7 Å². The van der Waals surface area contributed by atoms with Gasteiger partial charge in [-0.15, -0.1) is 6.58 Å². The number of nitrogens with zero attached hydrogens (tertiary/aromatic N) is 4. The number of carbonyl (C=O) groups is 7. The van der Waals surface area contributed by atoms with Gasteiger partial charge in [-0.2, -0.15) is 8.61 Å². The minimum Gasteiger partial charge on any atom is -0.467 e. The van der Waals surface area contributed by atoms with Crippen molar-refractivity contribution in [3.8, 4) is 0 Å². The van der Waals surface area contributed by atoms with Crippen LogP contribution in [0.4, 0.5) is 9.59 Å². The van der Waals surface area contributed by atoms with Crippen molar-refractivity contribution in [3.63, 3.8) is 0 Å². The molecule has 2 saturated carbocycles. The van der Waals surface area contributed by atoms with Crippen molar-refractivity contribution in [2.75, 3.05) is 52.3 Å². The van der Waals surface area contributed by atoms with E-state index in [9.17, 15) is 55.5 Å².